The van der Waals surface area contributed by atoms with Crippen LogP contribution in [0.5, 0.6) is 5.75 Å². The summed E-state index contributed by atoms with van der Waals surface area (Å²) >= 11 is 1.02. The van der Waals surface area contributed by atoms with Crippen LogP contribution in [-0.2, 0) is 0 Å². The van der Waals surface area contributed by atoms with Crippen LogP contribution in [0.1, 0.15) is 5.56 Å². The number of nitriles is 1. The number of anilines is 2. The molecule has 0 saturated carbocycles. The fourth-order valence-electron chi connectivity index (χ4n) is 1.08. The molecule has 0 aliphatic rings. The minimum atomic E-state index is -0.423. The molecule has 0 spiro atoms. The van der Waals surface area contributed by atoms with Crippen LogP contribution in [0.25, 0.3) is 0 Å². The summed E-state index contributed by atoms with van der Waals surface area (Å²) in [7, 11) is 1.51. The summed E-state index contributed by atoms with van der Waals surface area (Å²) in [6.45, 7) is 0. The standard InChI is InChI=1S/C9H7N5O2S/c1-16-5-3-11-9(12-4-5)13-8-6(2-10)7(15)14-17-8/h3-4H,1H3,(H,14,15)(H,11,12,13). The van der Waals surface area contributed by atoms with Crippen molar-refractivity contribution in [2.75, 3.05) is 12.4 Å². The van der Waals surface area contributed by atoms with Crippen molar-refractivity contribution in [2.45, 2.75) is 0 Å². The molecule has 0 radical (unpaired) electrons. The van der Waals surface area contributed by atoms with E-state index in [-0.39, 0.29) is 11.5 Å². The van der Waals surface area contributed by atoms with E-state index in [0.29, 0.717) is 10.8 Å². The lowest BCUT2D eigenvalue weighted by Crippen LogP contribution is -2.03. The highest BCUT2D eigenvalue weighted by Gasteiger charge is 2.10. The fourth-order valence-corrected chi connectivity index (χ4v) is 1.76. The van der Waals surface area contributed by atoms with Gasteiger partial charge in [-0.2, -0.15) is 5.26 Å². The molecule has 0 saturated heterocycles. The molecular weight excluding hydrogens is 242 g/mol. The zero-order chi connectivity index (χ0) is 12.3. The van der Waals surface area contributed by atoms with Gasteiger partial charge in [0, 0.05) is 0 Å². The molecule has 2 aromatic rings. The van der Waals surface area contributed by atoms with Gasteiger partial charge in [0.2, 0.25) is 5.95 Å². The molecule has 0 atom stereocenters. The number of H-pyrrole nitrogens is 1. The van der Waals surface area contributed by atoms with Crippen LogP contribution in [0.4, 0.5) is 10.9 Å². The monoisotopic (exact) mass is 249 g/mol. The van der Waals surface area contributed by atoms with Crippen LogP contribution >= 0.6 is 11.5 Å². The van der Waals surface area contributed by atoms with Gasteiger partial charge in [0.25, 0.3) is 5.56 Å². The van der Waals surface area contributed by atoms with Gasteiger partial charge in [-0.05, 0) is 11.5 Å². The Balaban J connectivity index is 2.26. The van der Waals surface area contributed by atoms with Crippen LogP contribution in [0, 0.1) is 11.3 Å². The van der Waals surface area contributed by atoms with Crippen molar-refractivity contribution in [3.63, 3.8) is 0 Å². The van der Waals surface area contributed by atoms with E-state index in [1.165, 1.54) is 19.5 Å². The van der Waals surface area contributed by atoms with Crippen molar-refractivity contribution in [1.29, 1.82) is 5.26 Å². The zero-order valence-corrected chi connectivity index (χ0v) is 9.54. The third-order valence-corrected chi connectivity index (χ3v) is 2.70. The Morgan fingerprint density at radius 1 is 1.53 bits per heavy atom. The molecule has 0 fully saturated rings. The maximum atomic E-state index is 11.2. The van der Waals surface area contributed by atoms with Crippen molar-refractivity contribution >= 4 is 22.5 Å². The number of aromatic nitrogens is 3. The molecule has 8 heteroatoms. The molecule has 0 aliphatic carbocycles. The molecule has 17 heavy (non-hydrogen) atoms. The van der Waals surface area contributed by atoms with E-state index in [0.717, 1.165) is 11.5 Å². The van der Waals surface area contributed by atoms with Crippen molar-refractivity contribution in [3.05, 3.63) is 28.3 Å². The van der Waals surface area contributed by atoms with Crippen molar-refractivity contribution in [3.8, 4) is 11.8 Å². The van der Waals surface area contributed by atoms with E-state index in [4.69, 9.17) is 10.00 Å². The van der Waals surface area contributed by atoms with Crippen molar-refractivity contribution < 1.29 is 4.74 Å². The number of hydrogen-bond acceptors (Lipinski definition) is 7. The first-order valence-electron chi connectivity index (χ1n) is 4.49. The summed E-state index contributed by atoms with van der Waals surface area (Å²) < 4.78 is 7.36. The fraction of sp³-hybridized carbons (Fsp3) is 0.111. The van der Waals surface area contributed by atoms with Crippen molar-refractivity contribution in [2.24, 2.45) is 0 Å². The molecule has 2 rings (SSSR count). The van der Waals surface area contributed by atoms with E-state index in [1.54, 1.807) is 0 Å². The quantitative estimate of drug-likeness (QED) is 0.835. The number of rotatable bonds is 3. The average Bonchev–Trinajstić information content (AvgIpc) is 2.71. The molecule has 86 valence electrons. The Morgan fingerprint density at radius 3 is 2.82 bits per heavy atom. The second kappa shape index (κ2) is 4.63. The van der Waals surface area contributed by atoms with Gasteiger partial charge in [-0.3, -0.25) is 9.17 Å². The van der Waals surface area contributed by atoms with E-state index >= 15 is 0 Å². The van der Waals surface area contributed by atoms with Gasteiger partial charge >= 0.3 is 0 Å². The van der Waals surface area contributed by atoms with Crippen LogP contribution in [0.15, 0.2) is 17.2 Å². The van der Waals surface area contributed by atoms with E-state index in [9.17, 15) is 4.79 Å². The number of nitrogens with one attached hydrogen (secondary N) is 2. The van der Waals surface area contributed by atoms with E-state index in [2.05, 4.69) is 19.7 Å². The summed E-state index contributed by atoms with van der Waals surface area (Å²) in [5, 5.41) is 12.0. The molecule has 0 unspecified atom stereocenters. The minimum absolute atomic E-state index is 0.0226. The van der Waals surface area contributed by atoms with Gasteiger partial charge in [-0.1, -0.05) is 0 Å². The first kappa shape index (κ1) is 11.1. The zero-order valence-electron chi connectivity index (χ0n) is 8.72. The van der Waals surface area contributed by atoms with Crippen LogP contribution in [0.2, 0.25) is 0 Å². The smallest absolute Gasteiger partial charge is 0.278 e. The molecule has 7 nitrogen and oxygen atoms in total. The Labute approximate surface area is 99.9 Å². The van der Waals surface area contributed by atoms with Gasteiger partial charge < -0.3 is 10.1 Å². The van der Waals surface area contributed by atoms with Gasteiger partial charge in [0.05, 0.1) is 19.5 Å². The topological polar surface area (TPSA) is 104 Å². The molecule has 2 aromatic heterocycles. The third kappa shape index (κ3) is 2.24. The molecule has 0 bridgehead atoms. The Kier molecular flexibility index (Phi) is 3.02. The van der Waals surface area contributed by atoms with E-state index < -0.39 is 5.56 Å². The largest absolute Gasteiger partial charge is 0.494 e. The van der Waals surface area contributed by atoms with E-state index in [1.807, 2.05) is 6.07 Å². The highest BCUT2D eigenvalue weighted by Crippen LogP contribution is 2.19. The third-order valence-electron chi connectivity index (χ3n) is 1.90. The Hall–Kier alpha value is -2.40. The average molecular weight is 249 g/mol. The predicted octanol–water partition coefficient (Wildman–Crippen LogP) is 0.850. The lowest BCUT2D eigenvalue weighted by molar-refractivity contribution is 0.411. The Morgan fingerprint density at radius 2 is 2.24 bits per heavy atom. The highest BCUT2D eigenvalue weighted by atomic mass is 32.1. The van der Waals surface area contributed by atoms with Gasteiger partial charge in [-0.15, -0.1) is 0 Å². The number of methoxy groups -OCH3 is 1. The van der Waals surface area contributed by atoms with Crippen molar-refractivity contribution in [1.82, 2.24) is 14.3 Å². The summed E-state index contributed by atoms with van der Waals surface area (Å²) in [5.41, 5.74) is -0.400. The van der Waals surface area contributed by atoms with Crippen LogP contribution < -0.4 is 15.6 Å². The molecule has 0 aromatic carbocycles. The van der Waals surface area contributed by atoms with Crippen LogP contribution in [0.3, 0.4) is 0 Å². The second-order valence-electron chi connectivity index (χ2n) is 2.92. The highest BCUT2D eigenvalue weighted by molar-refractivity contribution is 7.10. The first-order valence-corrected chi connectivity index (χ1v) is 5.31. The van der Waals surface area contributed by atoms with Crippen LogP contribution in [-0.4, -0.2) is 21.5 Å². The number of nitrogens with zero attached hydrogens (tertiary/aromatic N) is 3. The first-order chi connectivity index (χ1) is 8.24. The number of ether oxygens (including phenoxy) is 1. The summed E-state index contributed by atoms with van der Waals surface area (Å²) in [5.74, 6) is 0.816. The Bertz CT molecular complexity index is 610. The molecule has 0 aliphatic heterocycles. The molecule has 0 amide bonds. The van der Waals surface area contributed by atoms with Gasteiger partial charge in [-0.25, -0.2) is 9.97 Å². The summed E-state index contributed by atoms with van der Waals surface area (Å²) in [6.07, 6.45) is 2.97. The lowest BCUT2D eigenvalue weighted by Gasteiger charge is -2.02. The molecule has 2 heterocycles. The summed E-state index contributed by atoms with van der Waals surface area (Å²) in [4.78, 5) is 19.1. The maximum absolute atomic E-state index is 11.2. The van der Waals surface area contributed by atoms with Gasteiger partial charge in [0.15, 0.2) is 11.3 Å². The normalized spacial score (nSPS) is 9.65. The lowest BCUT2D eigenvalue weighted by atomic mass is 10.4. The van der Waals surface area contributed by atoms with Gasteiger partial charge in [0.1, 0.15) is 11.1 Å². The molecule has 2 N–H and O–H groups in total. The molecular formula is C9H7N5O2S. The maximum Gasteiger partial charge on any atom is 0.278 e. The summed E-state index contributed by atoms with van der Waals surface area (Å²) in [6, 6.07) is 1.81. The SMILES string of the molecule is COc1cnc(Nc2s[nH]c(=O)c2C#N)nc1. The minimum Gasteiger partial charge on any atom is -0.494 e. The predicted molar refractivity (Wildman–Crippen MR) is 61.5 cm³/mol. The second-order valence-corrected chi connectivity index (χ2v) is 3.74. The number of aromatic amines is 1. The number of hydrogen-bond donors (Lipinski definition) is 2.